The first-order valence-corrected chi connectivity index (χ1v) is 6.70. The zero-order valence-corrected chi connectivity index (χ0v) is 10.8. The number of rotatable bonds is 4. The molecular formula is C12H16N2O2S. The van der Waals surface area contributed by atoms with Crippen molar-refractivity contribution < 1.29 is 9.59 Å². The molecular weight excluding hydrogens is 236 g/mol. The lowest BCUT2D eigenvalue weighted by Gasteiger charge is -2.17. The molecule has 1 saturated heterocycles. The zero-order valence-electron chi connectivity index (χ0n) is 9.97. The van der Waals surface area contributed by atoms with E-state index in [4.69, 9.17) is 0 Å². The summed E-state index contributed by atoms with van der Waals surface area (Å²) in [4.78, 5) is 24.8. The van der Waals surface area contributed by atoms with Gasteiger partial charge in [0.2, 0.25) is 11.8 Å². The average Bonchev–Trinajstić information content (AvgIpc) is 2.89. The summed E-state index contributed by atoms with van der Waals surface area (Å²) in [6, 6.07) is 1.76. The highest BCUT2D eigenvalue weighted by Gasteiger charge is 2.37. The zero-order chi connectivity index (χ0) is 12.4. The van der Waals surface area contributed by atoms with Crippen LogP contribution in [0, 0.1) is 0 Å². The molecule has 1 aromatic heterocycles. The highest BCUT2D eigenvalue weighted by molar-refractivity contribution is 7.07. The maximum Gasteiger partial charge on any atom is 0.246 e. The number of carbonyl (C=O) groups excluding carboxylic acids is 2. The van der Waals surface area contributed by atoms with E-state index in [1.807, 2.05) is 25.3 Å². The largest absolute Gasteiger partial charge is 0.299 e. The SMILES string of the molecule is CCN1C(=O)CC(NC(C)c2ccsc2)C1=O. The monoisotopic (exact) mass is 252 g/mol. The third-order valence-electron chi connectivity index (χ3n) is 3.05. The number of amides is 2. The number of thiophene rings is 1. The van der Waals surface area contributed by atoms with Crippen molar-refractivity contribution in [1.29, 1.82) is 0 Å². The van der Waals surface area contributed by atoms with E-state index in [1.165, 1.54) is 4.90 Å². The second kappa shape index (κ2) is 4.98. The van der Waals surface area contributed by atoms with Gasteiger partial charge in [-0.2, -0.15) is 11.3 Å². The Kier molecular flexibility index (Phi) is 3.59. The average molecular weight is 252 g/mol. The molecule has 0 saturated carbocycles. The van der Waals surface area contributed by atoms with Crippen LogP contribution in [0.4, 0.5) is 0 Å². The molecule has 2 heterocycles. The number of nitrogens with zero attached hydrogens (tertiary/aromatic N) is 1. The topological polar surface area (TPSA) is 49.4 Å². The third kappa shape index (κ3) is 2.40. The summed E-state index contributed by atoms with van der Waals surface area (Å²) >= 11 is 1.63. The van der Waals surface area contributed by atoms with Crippen LogP contribution >= 0.6 is 11.3 Å². The first kappa shape index (κ1) is 12.3. The maximum atomic E-state index is 11.9. The van der Waals surface area contributed by atoms with Gasteiger partial charge in [0.1, 0.15) is 0 Å². The molecule has 5 heteroatoms. The smallest absolute Gasteiger partial charge is 0.246 e. The molecule has 2 rings (SSSR count). The van der Waals surface area contributed by atoms with Crippen molar-refractivity contribution in [3.8, 4) is 0 Å². The molecule has 2 unspecified atom stereocenters. The highest BCUT2D eigenvalue weighted by atomic mass is 32.1. The van der Waals surface area contributed by atoms with Gasteiger partial charge in [-0.1, -0.05) is 0 Å². The molecule has 1 N–H and O–H groups in total. The number of likely N-dealkylation sites (tertiary alicyclic amines) is 1. The van der Waals surface area contributed by atoms with Gasteiger partial charge in [0.15, 0.2) is 0 Å². The van der Waals surface area contributed by atoms with Crippen molar-refractivity contribution in [3.63, 3.8) is 0 Å². The summed E-state index contributed by atoms with van der Waals surface area (Å²) in [6.07, 6.45) is 0.279. The van der Waals surface area contributed by atoms with Crippen molar-refractivity contribution in [2.75, 3.05) is 6.54 Å². The summed E-state index contributed by atoms with van der Waals surface area (Å²) in [7, 11) is 0. The van der Waals surface area contributed by atoms with E-state index in [1.54, 1.807) is 11.3 Å². The fourth-order valence-corrected chi connectivity index (χ4v) is 2.82. The first-order chi connectivity index (χ1) is 8.13. The molecule has 0 aromatic carbocycles. The summed E-state index contributed by atoms with van der Waals surface area (Å²) in [5.74, 6) is -0.174. The van der Waals surface area contributed by atoms with Crippen LogP contribution < -0.4 is 5.32 Å². The minimum absolute atomic E-state index is 0.0764. The quantitative estimate of drug-likeness (QED) is 0.827. The van der Waals surface area contributed by atoms with Crippen LogP contribution in [-0.2, 0) is 9.59 Å². The minimum Gasteiger partial charge on any atom is -0.299 e. The third-order valence-corrected chi connectivity index (χ3v) is 3.76. The minimum atomic E-state index is -0.364. The predicted molar refractivity (Wildman–Crippen MR) is 66.7 cm³/mol. The van der Waals surface area contributed by atoms with Crippen molar-refractivity contribution in [2.45, 2.75) is 32.4 Å². The fraction of sp³-hybridized carbons (Fsp3) is 0.500. The molecule has 4 nitrogen and oxygen atoms in total. The van der Waals surface area contributed by atoms with Crippen molar-refractivity contribution >= 4 is 23.2 Å². The molecule has 1 aromatic rings. The normalized spacial score (nSPS) is 22.2. The number of carbonyl (C=O) groups is 2. The van der Waals surface area contributed by atoms with Crippen LogP contribution in [0.2, 0.25) is 0 Å². The second-order valence-electron chi connectivity index (χ2n) is 4.18. The van der Waals surface area contributed by atoms with Gasteiger partial charge in [-0.3, -0.25) is 19.8 Å². The summed E-state index contributed by atoms with van der Waals surface area (Å²) in [6.45, 7) is 4.29. The standard InChI is InChI=1S/C12H16N2O2S/c1-3-14-11(15)6-10(12(14)16)13-8(2)9-4-5-17-7-9/h4-5,7-8,10,13H,3,6H2,1-2H3. The molecule has 2 atom stereocenters. The predicted octanol–water partition coefficient (Wildman–Crippen LogP) is 1.55. The molecule has 2 amide bonds. The van der Waals surface area contributed by atoms with Gasteiger partial charge in [0, 0.05) is 12.6 Å². The Balaban J connectivity index is 2.01. The van der Waals surface area contributed by atoms with E-state index in [9.17, 15) is 9.59 Å². The molecule has 92 valence electrons. The van der Waals surface area contributed by atoms with E-state index in [2.05, 4.69) is 10.7 Å². The Labute approximate surface area is 105 Å². The van der Waals surface area contributed by atoms with E-state index < -0.39 is 0 Å². The van der Waals surface area contributed by atoms with E-state index in [-0.39, 0.29) is 30.3 Å². The molecule has 1 fully saturated rings. The summed E-state index contributed by atoms with van der Waals surface area (Å²) < 4.78 is 0. The van der Waals surface area contributed by atoms with Gasteiger partial charge < -0.3 is 0 Å². The van der Waals surface area contributed by atoms with Gasteiger partial charge in [0.05, 0.1) is 12.5 Å². The maximum absolute atomic E-state index is 11.9. The van der Waals surface area contributed by atoms with E-state index >= 15 is 0 Å². The lowest BCUT2D eigenvalue weighted by Crippen LogP contribution is -2.39. The number of likely N-dealkylation sites (N-methyl/N-ethyl adjacent to an activating group) is 1. The van der Waals surface area contributed by atoms with Crippen molar-refractivity contribution in [2.24, 2.45) is 0 Å². The molecule has 0 radical (unpaired) electrons. The van der Waals surface area contributed by atoms with Crippen LogP contribution in [0.3, 0.4) is 0 Å². The molecule has 0 bridgehead atoms. The number of nitrogens with one attached hydrogen (secondary N) is 1. The number of hydrogen-bond donors (Lipinski definition) is 1. The van der Waals surface area contributed by atoms with Gasteiger partial charge >= 0.3 is 0 Å². The number of imide groups is 1. The van der Waals surface area contributed by atoms with E-state index in [0.717, 1.165) is 5.56 Å². The Bertz CT molecular complexity index is 416. The van der Waals surface area contributed by atoms with Crippen LogP contribution in [0.25, 0.3) is 0 Å². The molecule has 1 aliphatic heterocycles. The first-order valence-electron chi connectivity index (χ1n) is 5.75. The Morgan fingerprint density at radius 1 is 1.59 bits per heavy atom. The van der Waals surface area contributed by atoms with Crippen LogP contribution in [0.15, 0.2) is 16.8 Å². The van der Waals surface area contributed by atoms with Crippen LogP contribution in [0.1, 0.15) is 31.9 Å². The van der Waals surface area contributed by atoms with Crippen LogP contribution in [-0.4, -0.2) is 29.3 Å². The number of hydrogen-bond acceptors (Lipinski definition) is 4. The Hall–Kier alpha value is -1.20. The lowest BCUT2D eigenvalue weighted by molar-refractivity contribution is -0.138. The molecule has 0 aliphatic carbocycles. The Morgan fingerprint density at radius 3 is 2.88 bits per heavy atom. The molecule has 0 spiro atoms. The van der Waals surface area contributed by atoms with Gasteiger partial charge in [-0.05, 0) is 36.2 Å². The lowest BCUT2D eigenvalue weighted by atomic mass is 10.1. The summed E-state index contributed by atoms with van der Waals surface area (Å²) in [5, 5.41) is 7.28. The van der Waals surface area contributed by atoms with Crippen molar-refractivity contribution in [1.82, 2.24) is 10.2 Å². The van der Waals surface area contributed by atoms with Crippen LogP contribution in [0.5, 0.6) is 0 Å². The Morgan fingerprint density at radius 2 is 2.35 bits per heavy atom. The van der Waals surface area contributed by atoms with Gasteiger partial charge in [-0.25, -0.2) is 0 Å². The molecule has 17 heavy (non-hydrogen) atoms. The highest BCUT2D eigenvalue weighted by Crippen LogP contribution is 2.20. The van der Waals surface area contributed by atoms with Crippen molar-refractivity contribution in [3.05, 3.63) is 22.4 Å². The second-order valence-corrected chi connectivity index (χ2v) is 4.96. The summed E-state index contributed by atoms with van der Waals surface area (Å²) in [5.41, 5.74) is 1.16. The van der Waals surface area contributed by atoms with Gasteiger partial charge in [0.25, 0.3) is 0 Å². The fourth-order valence-electron chi connectivity index (χ4n) is 2.06. The van der Waals surface area contributed by atoms with E-state index in [0.29, 0.717) is 6.54 Å². The van der Waals surface area contributed by atoms with Gasteiger partial charge in [-0.15, -0.1) is 0 Å². The molecule has 1 aliphatic rings.